The lowest BCUT2D eigenvalue weighted by molar-refractivity contribution is -0.0279. The van der Waals surface area contributed by atoms with Crippen LogP contribution >= 0.6 is 0 Å². The molecule has 0 aliphatic carbocycles. The first-order chi connectivity index (χ1) is 17.6. The van der Waals surface area contributed by atoms with E-state index in [9.17, 15) is 0 Å². The van der Waals surface area contributed by atoms with Crippen molar-refractivity contribution in [3.8, 4) is 0 Å². The van der Waals surface area contributed by atoms with E-state index in [0.29, 0.717) is 125 Å². The molecular weight excluding hydrogens is 472 g/mol. The Kier molecular flexibility index (Phi) is 30.5. The fourth-order valence-electron chi connectivity index (χ4n) is 2.52. The van der Waals surface area contributed by atoms with E-state index < -0.39 is 0 Å². The Morgan fingerprint density at radius 3 is 0.750 bits per heavy atom. The molecule has 0 heterocycles. The van der Waals surface area contributed by atoms with E-state index in [1.807, 2.05) is 13.8 Å². The summed E-state index contributed by atoms with van der Waals surface area (Å²) in [6.45, 7) is 19.2. The lowest BCUT2D eigenvalue weighted by Gasteiger charge is -2.09. The van der Waals surface area contributed by atoms with E-state index in [4.69, 9.17) is 47.4 Å². The average molecular weight is 527 g/mol. The molecule has 10 nitrogen and oxygen atoms in total. The molecule has 0 saturated carbocycles. The van der Waals surface area contributed by atoms with Crippen LogP contribution in [0.4, 0.5) is 0 Å². The normalized spacial score (nSPS) is 11.8. The number of hydrogen-bond acceptors (Lipinski definition) is 10. The van der Waals surface area contributed by atoms with Crippen molar-refractivity contribution in [1.29, 1.82) is 0 Å². The highest BCUT2D eigenvalue weighted by atomic mass is 16.6. The highest BCUT2D eigenvalue weighted by molar-refractivity contribution is 4.43. The van der Waals surface area contributed by atoms with E-state index in [1.165, 1.54) is 0 Å². The van der Waals surface area contributed by atoms with Crippen molar-refractivity contribution < 1.29 is 47.4 Å². The molecule has 0 N–H and O–H groups in total. The maximum atomic E-state index is 5.48. The summed E-state index contributed by atoms with van der Waals surface area (Å²) < 4.78 is 54.4. The SMILES string of the molecule is CC(C)CCOCCOCCOCCOCCOCCOCCOCCOCCOCCOC(C)C. The summed E-state index contributed by atoms with van der Waals surface area (Å²) in [6, 6.07) is 0. The smallest absolute Gasteiger partial charge is 0.0703 e. The van der Waals surface area contributed by atoms with Crippen molar-refractivity contribution in [3.05, 3.63) is 0 Å². The summed E-state index contributed by atoms with van der Waals surface area (Å²) in [4.78, 5) is 0. The fourth-order valence-corrected chi connectivity index (χ4v) is 2.52. The van der Waals surface area contributed by atoms with Gasteiger partial charge in [0.2, 0.25) is 0 Å². The molecule has 0 unspecified atom stereocenters. The highest BCUT2D eigenvalue weighted by Crippen LogP contribution is 1.98. The lowest BCUT2D eigenvalue weighted by Crippen LogP contribution is -2.15. The molecule has 36 heavy (non-hydrogen) atoms. The van der Waals surface area contributed by atoms with Gasteiger partial charge in [-0.1, -0.05) is 13.8 Å². The van der Waals surface area contributed by atoms with Crippen LogP contribution in [0, 0.1) is 5.92 Å². The minimum atomic E-state index is 0.238. The largest absolute Gasteiger partial charge is 0.379 e. The van der Waals surface area contributed by atoms with Crippen LogP contribution in [0.1, 0.15) is 34.1 Å². The molecule has 0 amide bonds. The monoisotopic (exact) mass is 526 g/mol. The third kappa shape index (κ3) is 33.6. The van der Waals surface area contributed by atoms with E-state index >= 15 is 0 Å². The molecule has 0 fully saturated rings. The molecule has 0 rings (SSSR count). The van der Waals surface area contributed by atoms with Gasteiger partial charge in [0.15, 0.2) is 0 Å². The molecule has 0 aromatic carbocycles. The number of ether oxygens (including phenoxy) is 10. The molecule has 10 heteroatoms. The molecule has 0 spiro atoms. The molecular formula is C26H54O10. The average Bonchev–Trinajstić information content (AvgIpc) is 2.85. The van der Waals surface area contributed by atoms with E-state index in [0.717, 1.165) is 13.0 Å². The maximum absolute atomic E-state index is 5.48. The summed E-state index contributed by atoms with van der Waals surface area (Å²) in [5.41, 5.74) is 0. The first-order valence-corrected chi connectivity index (χ1v) is 13.4. The van der Waals surface area contributed by atoms with Crippen molar-refractivity contribution in [2.45, 2.75) is 40.2 Å². The molecule has 0 aromatic heterocycles. The van der Waals surface area contributed by atoms with E-state index in [1.54, 1.807) is 0 Å². The van der Waals surface area contributed by atoms with Gasteiger partial charge >= 0.3 is 0 Å². The molecule has 0 atom stereocenters. The molecule has 0 aliphatic heterocycles. The van der Waals surface area contributed by atoms with Gasteiger partial charge in [-0.15, -0.1) is 0 Å². The van der Waals surface area contributed by atoms with Crippen LogP contribution in [0.25, 0.3) is 0 Å². The van der Waals surface area contributed by atoms with Gasteiger partial charge in [-0.3, -0.25) is 0 Å². The fraction of sp³-hybridized carbons (Fsp3) is 1.00. The summed E-state index contributed by atoms with van der Waals surface area (Å²) in [6.07, 6.45) is 1.32. The number of rotatable bonds is 31. The van der Waals surface area contributed by atoms with Crippen molar-refractivity contribution >= 4 is 0 Å². The predicted octanol–water partition coefficient (Wildman–Crippen LogP) is 2.61. The zero-order chi connectivity index (χ0) is 26.4. The van der Waals surface area contributed by atoms with Gasteiger partial charge < -0.3 is 47.4 Å². The first-order valence-electron chi connectivity index (χ1n) is 13.4. The molecule has 0 radical (unpaired) electrons. The van der Waals surface area contributed by atoms with Crippen LogP contribution in [-0.2, 0) is 47.4 Å². The summed E-state index contributed by atoms with van der Waals surface area (Å²) in [5.74, 6) is 0.674. The maximum Gasteiger partial charge on any atom is 0.0703 e. The van der Waals surface area contributed by atoms with Gasteiger partial charge in [0, 0.05) is 6.61 Å². The molecule has 0 saturated heterocycles. The highest BCUT2D eigenvalue weighted by Gasteiger charge is 1.97. The second-order valence-electron chi connectivity index (χ2n) is 8.61. The van der Waals surface area contributed by atoms with Crippen LogP contribution in [0.2, 0.25) is 0 Å². The molecule has 0 bridgehead atoms. The van der Waals surface area contributed by atoms with Gasteiger partial charge in [0.1, 0.15) is 0 Å². The van der Waals surface area contributed by atoms with E-state index in [-0.39, 0.29) is 6.10 Å². The summed E-state index contributed by atoms with van der Waals surface area (Å²) >= 11 is 0. The van der Waals surface area contributed by atoms with Crippen molar-refractivity contribution in [3.63, 3.8) is 0 Å². The van der Waals surface area contributed by atoms with Crippen LogP contribution in [0.15, 0.2) is 0 Å². The first kappa shape index (κ1) is 35.6. The Hall–Kier alpha value is -0.400. The summed E-state index contributed by atoms with van der Waals surface area (Å²) in [5, 5.41) is 0. The van der Waals surface area contributed by atoms with Gasteiger partial charge in [-0.05, 0) is 26.2 Å². The Morgan fingerprint density at radius 1 is 0.306 bits per heavy atom. The Morgan fingerprint density at radius 2 is 0.528 bits per heavy atom. The van der Waals surface area contributed by atoms with Crippen molar-refractivity contribution in [2.75, 3.05) is 126 Å². The van der Waals surface area contributed by atoms with Gasteiger partial charge in [0.05, 0.1) is 125 Å². The van der Waals surface area contributed by atoms with Gasteiger partial charge in [-0.25, -0.2) is 0 Å². The second-order valence-corrected chi connectivity index (χ2v) is 8.61. The quantitative estimate of drug-likeness (QED) is 0.126. The Bertz CT molecular complexity index is 363. The number of hydrogen-bond donors (Lipinski definition) is 0. The second kappa shape index (κ2) is 30.8. The molecule has 0 aromatic rings. The van der Waals surface area contributed by atoms with E-state index in [2.05, 4.69) is 13.8 Å². The minimum Gasteiger partial charge on any atom is -0.379 e. The third-order valence-corrected chi connectivity index (χ3v) is 4.49. The lowest BCUT2D eigenvalue weighted by atomic mass is 10.1. The van der Waals surface area contributed by atoms with Crippen LogP contribution in [0.3, 0.4) is 0 Å². The van der Waals surface area contributed by atoms with Gasteiger partial charge in [-0.2, -0.15) is 0 Å². The molecule has 218 valence electrons. The van der Waals surface area contributed by atoms with Crippen LogP contribution in [-0.4, -0.2) is 132 Å². The van der Waals surface area contributed by atoms with Crippen LogP contribution in [0.5, 0.6) is 0 Å². The molecule has 0 aliphatic rings. The third-order valence-electron chi connectivity index (χ3n) is 4.49. The zero-order valence-corrected chi connectivity index (χ0v) is 23.4. The minimum absolute atomic E-state index is 0.238. The Balaban J connectivity index is 3.02. The van der Waals surface area contributed by atoms with Crippen LogP contribution < -0.4 is 0 Å². The van der Waals surface area contributed by atoms with Gasteiger partial charge in [0.25, 0.3) is 0 Å². The topological polar surface area (TPSA) is 92.3 Å². The summed E-state index contributed by atoms with van der Waals surface area (Å²) in [7, 11) is 0. The standard InChI is InChI=1S/C26H54O10/c1-25(2)5-6-27-7-8-28-9-10-29-11-12-30-13-14-31-15-16-32-17-18-33-19-20-34-21-22-35-23-24-36-26(3)4/h25-26H,5-24H2,1-4H3. The predicted molar refractivity (Wildman–Crippen MR) is 138 cm³/mol. The zero-order valence-electron chi connectivity index (χ0n) is 23.4. The van der Waals surface area contributed by atoms with Crippen molar-refractivity contribution in [1.82, 2.24) is 0 Å². The Labute approximate surface area is 219 Å². The van der Waals surface area contributed by atoms with Crippen molar-refractivity contribution in [2.24, 2.45) is 5.92 Å².